The molecule has 0 saturated carbocycles. The van der Waals surface area contributed by atoms with Crippen molar-refractivity contribution in [2.45, 2.75) is 26.3 Å². The molecule has 0 fully saturated rings. The van der Waals surface area contributed by atoms with Crippen LogP contribution in [0.1, 0.15) is 19.4 Å². The van der Waals surface area contributed by atoms with Gasteiger partial charge >= 0.3 is 0 Å². The highest BCUT2D eigenvalue weighted by atomic mass is 35.5. The second-order valence-corrected chi connectivity index (χ2v) is 4.88. The van der Waals surface area contributed by atoms with Crippen LogP contribution in [0.4, 0.5) is 0 Å². The molecular weight excluding hydrogens is 222 g/mol. The van der Waals surface area contributed by atoms with E-state index in [0.717, 1.165) is 23.9 Å². The predicted octanol–water partition coefficient (Wildman–Crippen LogP) is 3.34. The van der Waals surface area contributed by atoms with E-state index in [9.17, 15) is 0 Å². The Kier molecular flexibility index (Phi) is 3.49. The molecule has 1 aromatic carbocycles. The van der Waals surface area contributed by atoms with E-state index in [1.807, 2.05) is 24.3 Å². The average Bonchev–Trinajstić information content (AvgIpc) is 2.70. The second kappa shape index (κ2) is 4.88. The maximum Gasteiger partial charge on any atom is 0.188 e. The first-order valence-electron chi connectivity index (χ1n) is 5.59. The molecule has 0 aliphatic carbocycles. The fraction of sp³-hybridized carbons (Fsp3) is 0.462. The van der Waals surface area contributed by atoms with Crippen LogP contribution >= 0.6 is 11.6 Å². The molecule has 86 valence electrons. The van der Waals surface area contributed by atoms with Crippen LogP contribution in [-0.2, 0) is 11.2 Å². The lowest BCUT2D eigenvalue weighted by Gasteiger charge is -2.06. The second-order valence-electron chi connectivity index (χ2n) is 4.45. The Hall–Kier alpha value is -1.02. The van der Waals surface area contributed by atoms with E-state index in [2.05, 4.69) is 18.8 Å². The molecule has 1 atom stereocenters. The van der Waals surface area contributed by atoms with Crippen LogP contribution in [0.3, 0.4) is 0 Å². The lowest BCUT2D eigenvalue weighted by Crippen LogP contribution is -2.13. The molecule has 0 unspecified atom stereocenters. The molecule has 1 aromatic rings. The van der Waals surface area contributed by atoms with Crippen LogP contribution < -0.4 is 0 Å². The highest BCUT2D eigenvalue weighted by molar-refractivity contribution is 6.30. The van der Waals surface area contributed by atoms with Gasteiger partial charge in [-0.05, 0) is 23.6 Å². The lowest BCUT2D eigenvalue weighted by atomic mass is 10.1. The molecule has 0 amide bonds. The number of aliphatic imine (C=N–C) groups is 1. The molecule has 1 heterocycles. The monoisotopic (exact) mass is 237 g/mol. The molecule has 1 aliphatic heterocycles. The first-order chi connectivity index (χ1) is 7.65. The van der Waals surface area contributed by atoms with Crippen molar-refractivity contribution in [2.24, 2.45) is 10.9 Å². The van der Waals surface area contributed by atoms with Gasteiger partial charge in [-0.2, -0.15) is 0 Å². The van der Waals surface area contributed by atoms with E-state index >= 15 is 0 Å². The maximum atomic E-state index is 5.83. The standard InChI is InChI=1S/C13H16ClNO/c1-9(2)12-8-16-13(15-12)7-10-3-5-11(14)6-4-10/h3-6,9,12H,7-8H2,1-2H3/t12-/m0/s1. The summed E-state index contributed by atoms with van der Waals surface area (Å²) >= 11 is 5.83. The number of rotatable bonds is 3. The summed E-state index contributed by atoms with van der Waals surface area (Å²) in [5.74, 6) is 1.39. The van der Waals surface area contributed by atoms with E-state index in [4.69, 9.17) is 16.3 Å². The maximum absolute atomic E-state index is 5.83. The van der Waals surface area contributed by atoms with Crippen molar-refractivity contribution in [3.8, 4) is 0 Å². The molecule has 0 saturated heterocycles. The Morgan fingerprint density at radius 3 is 2.62 bits per heavy atom. The summed E-state index contributed by atoms with van der Waals surface area (Å²) in [6.07, 6.45) is 0.764. The van der Waals surface area contributed by atoms with Crippen molar-refractivity contribution < 1.29 is 4.74 Å². The van der Waals surface area contributed by atoms with Gasteiger partial charge in [0.15, 0.2) is 5.90 Å². The van der Waals surface area contributed by atoms with Gasteiger partial charge in [0.05, 0.1) is 6.04 Å². The third-order valence-electron chi connectivity index (χ3n) is 2.77. The summed E-state index contributed by atoms with van der Waals surface area (Å²) in [7, 11) is 0. The van der Waals surface area contributed by atoms with Crippen LogP contribution in [-0.4, -0.2) is 18.5 Å². The van der Waals surface area contributed by atoms with Gasteiger partial charge in [0.1, 0.15) is 6.61 Å². The van der Waals surface area contributed by atoms with Gasteiger partial charge < -0.3 is 4.74 Å². The van der Waals surface area contributed by atoms with E-state index in [1.165, 1.54) is 5.56 Å². The molecule has 1 aliphatic rings. The molecule has 2 nitrogen and oxygen atoms in total. The van der Waals surface area contributed by atoms with Crippen LogP contribution in [0, 0.1) is 5.92 Å². The average molecular weight is 238 g/mol. The van der Waals surface area contributed by atoms with Gasteiger partial charge in [0.2, 0.25) is 0 Å². The van der Waals surface area contributed by atoms with Gasteiger partial charge in [-0.1, -0.05) is 37.6 Å². The molecule has 0 bridgehead atoms. The Balaban J connectivity index is 2.01. The third kappa shape index (κ3) is 2.76. The summed E-state index contributed by atoms with van der Waals surface area (Å²) in [5, 5.41) is 0.762. The quantitative estimate of drug-likeness (QED) is 0.790. The minimum absolute atomic E-state index is 0.322. The zero-order valence-corrected chi connectivity index (χ0v) is 10.4. The van der Waals surface area contributed by atoms with Crippen molar-refractivity contribution >= 4 is 17.5 Å². The highest BCUT2D eigenvalue weighted by Crippen LogP contribution is 2.17. The predicted molar refractivity (Wildman–Crippen MR) is 67.2 cm³/mol. The van der Waals surface area contributed by atoms with Crippen LogP contribution in [0.5, 0.6) is 0 Å². The Labute approximate surface area is 101 Å². The van der Waals surface area contributed by atoms with E-state index in [-0.39, 0.29) is 0 Å². The van der Waals surface area contributed by atoms with Crippen LogP contribution in [0.2, 0.25) is 5.02 Å². The molecule has 0 aromatic heterocycles. The fourth-order valence-corrected chi connectivity index (χ4v) is 1.78. The molecule has 3 heteroatoms. The van der Waals surface area contributed by atoms with Gasteiger partial charge in [0.25, 0.3) is 0 Å². The van der Waals surface area contributed by atoms with E-state index in [1.54, 1.807) is 0 Å². The summed E-state index contributed by atoms with van der Waals surface area (Å²) in [6, 6.07) is 8.13. The molecule has 0 N–H and O–H groups in total. The SMILES string of the molecule is CC(C)[C@@H]1COC(Cc2ccc(Cl)cc2)=N1. The Morgan fingerprint density at radius 2 is 2.06 bits per heavy atom. The van der Waals surface area contributed by atoms with Crippen molar-refractivity contribution in [3.63, 3.8) is 0 Å². The number of hydrogen-bond donors (Lipinski definition) is 0. The van der Waals surface area contributed by atoms with Crippen molar-refractivity contribution in [3.05, 3.63) is 34.9 Å². The highest BCUT2D eigenvalue weighted by Gasteiger charge is 2.21. The van der Waals surface area contributed by atoms with Gasteiger partial charge in [0, 0.05) is 11.4 Å². The Morgan fingerprint density at radius 1 is 1.38 bits per heavy atom. The van der Waals surface area contributed by atoms with Crippen LogP contribution in [0.25, 0.3) is 0 Å². The number of halogens is 1. The molecule has 0 spiro atoms. The number of hydrogen-bond acceptors (Lipinski definition) is 2. The topological polar surface area (TPSA) is 21.6 Å². The largest absolute Gasteiger partial charge is 0.478 e. The minimum atomic E-state index is 0.322. The summed E-state index contributed by atoms with van der Waals surface area (Å²) in [4.78, 5) is 4.57. The zero-order chi connectivity index (χ0) is 11.5. The summed E-state index contributed by atoms with van der Waals surface area (Å²) < 4.78 is 5.58. The summed E-state index contributed by atoms with van der Waals surface area (Å²) in [5.41, 5.74) is 1.19. The molecular formula is C13H16ClNO. The molecule has 2 rings (SSSR count). The van der Waals surface area contributed by atoms with Crippen molar-refractivity contribution in [1.29, 1.82) is 0 Å². The van der Waals surface area contributed by atoms with Crippen molar-refractivity contribution in [2.75, 3.05) is 6.61 Å². The van der Waals surface area contributed by atoms with E-state index in [0.29, 0.717) is 12.0 Å². The van der Waals surface area contributed by atoms with Crippen molar-refractivity contribution in [1.82, 2.24) is 0 Å². The van der Waals surface area contributed by atoms with Gasteiger partial charge in [-0.25, -0.2) is 4.99 Å². The normalized spacial score (nSPS) is 19.8. The third-order valence-corrected chi connectivity index (χ3v) is 3.02. The van der Waals surface area contributed by atoms with Crippen LogP contribution in [0.15, 0.2) is 29.3 Å². The van der Waals surface area contributed by atoms with E-state index < -0.39 is 0 Å². The Bertz CT molecular complexity index is 383. The minimum Gasteiger partial charge on any atom is -0.478 e. The van der Waals surface area contributed by atoms with Gasteiger partial charge in [-0.3, -0.25) is 0 Å². The smallest absolute Gasteiger partial charge is 0.188 e. The number of benzene rings is 1. The van der Waals surface area contributed by atoms with Gasteiger partial charge in [-0.15, -0.1) is 0 Å². The zero-order valence-electron chi connectivity index (χ0n) is 9.61. The lowest BCUT2D eigenvalue weighted by molar-refractivity contribution is 0.287. The fourth-order valence-electron chi connectivity index (χ4n) is 1.66. The first kappa shape index (κ1) is 11.5. The number of ether oxygens (including phenoxy) is 1. The first-order valence-corrected chi connectivity index (χ1v) is 5.97. The number of nitrogens with zero attached hydrogens (tertiary/aromatic N) is 1. The summed E-state index contributed by atoms with van der Waals surface area (Å²) in [6.45, 7) is 5.06. The molecule has 16 heavy (non-hydrogen) atoms. The molecule has 0 radical (unpaired) electrons.